The molecule has 0 amide bonds. The van der Waals surface area contributed by atoms with Gasteiger partial charge in [-0.05, 0) is 31.2 Å². The number of benzene rings is 1. The maximum Gasteiger partial charge on any atom is 0.373 e. The van der Waals surface area contributed by atoms with Crippen molar-refractivity contribution in [2.45, 2.75) is 6.92 Å². The van der Waals surface area contributed by atoms with Crippen LogP contribution in [0.4, 0.5) is 0 Å². The zero-order valence-electron chi connectivity index (χ0n) is 7.86. The standard InChI is InChI=1S/C10H11O4/c1-3-13-9-6-4-8(5-7-9)10(11)14-12-2/h4-7H,2-3H2,1H3. The van der Waals surface area contributed by atoms with Gasteiger partial charge in [0.1, 0.15) is 12.9 Å². The zero-order chi connectivity index (χ0) is 10.4. The maximum atomic E-state index is 11.1. The van der Waals surface area contributed by atoms with Crippen LogP contribution in [-0.4, -0.2) is 12.6 Å². The van der Waals surface area contributed by atoms with Gasteiger partial charge in [-0.3, -0.25) is 4.89 Å². The van der Waals surface area contributed by atoms with Crippen LogP contribution in [0.1, 0.15) is 17.3 Å². The summed E-state index contributed by atoms with van der Waals surface area (Å²) < 4.78 is 5.20. The molecule has 1 aromatic carbocycles. The fourth-order valence-electron chi connectivity index (χ4n) is 0.956. The second kappa shape index (κ2) is 5.24. The summed E-state index contributed by atoms with van der Waals surface area (Å²) in [7, 11) is 2.93. The second-order valence-electron chi connectivity index (χ2n) is 2.45. The molecule has 0 N–H and O–H groups in total. The van der Waals surface area contributed by atoms with Crippen LogP contribution in [0.2, 0.25) is 0 Å². The Morgan fingerprint density at radius 3 is 2.50 bits per heavy atom. The van der Waals surface area contributed by atoms with Gasteiger partial charge in [0.2, 0.25) is 0 Å². The number of hydrogen-bond donors (Lipinski definition) is 0. The van der Waals surface area contributed by atoms with Gasteiger partial charge in [0.15, 0.2) is 0 Å². The first kappa shape index (κ1) is 10.5. The SMILES string of the molecule is [CH2]OOC(=O)c1ccc(OCC)cc1. The van der Waals surface area contributed by atoms with E-state index in [4.69, 9.17) is 4.74 Å². The minimum atomic E-state index is -0.581. The second-order valence-corrected chi connectivity index (χ2v) is 2.45. The lowest BCUT2D eigenvalue weighted by molar-refractivity contribution is -0.195. The molecule has 75 valence electrons. The number of carbonyl (C=O) groups excluding carboxylic acids is 1. The van der Waals surface area contributed by atoms with E-state index in [1.165, 1.54) is 0 Å². The number of carbonyl (C=O) groups is 1. The molecule has 0 aliphatic carbocycles. The van der Waals surface area contributed by atoms with Crippen LogP contribution in [0.25, 0.3) is 0 Å². The van der Waals surface area contributed by atoms with E-state index in [-0.39, 0.29) is 0 Å². The van der Waals surface area contributed by atoms with Gasteiger partial charge in [0.25, 0.3) is 0 Å². The fourth-order valence-corrected chi connectivity index (χ4v) is 0.956. The van der Waals surface area contributed by atoms with E-state index in [1.54, 1.807) is 24.3 Å². The average molecular weight is 195 g/mol. The summed E-state index contributed by atoms with van der Waals surface area (Å²) in [6, 6.07) is 6.55. The molecule has 0 aromatic heterocycles. The summed E-state index contributed by atoms with van der Waals surface area (Å²) in [5, 5.41) is 0. The van der Waals surface area contributed by atoms with Crippen molar-refractivity contribution in [3.63, 3.8) is 0 Å². The Morgan fingerprint density at radius 1 is 1.36 bits per heavy atom. The highest BCUT2D eigenvalue weighted by atomic mass is 17.2. The van der Waals surface area contributed by atoms with Gasteiger partial charge in [0.05, 0.1) is 12.2 Å². The molecule has 1 rings (SSSR count). The molecule has 0 aliphatic rings. The van der Waals surface area contributed by atoms with Crippen molar-refractivity contribution in [2.24, 2.45) is 0 Å². The first-order chi connectivity index (χ1) is 6.77. The van der Waals surface area contributed by atoms with Crippen molar-refractivity contribution in [2.75, 3.05) is 6.61 Å². The Hall–Kier alpha value is -1.55. The quantitative estimate of drug-likeness (QED) is 0.544. The van der Waals surface area contributed by atoms with Crippen LogP contribution in [0.3, 0.4) is 0 Å². The summed E-state index contributed by atoms with van der Waals surface area (Å²) in [6.45, 7) is 2.48. The van der Waals surface area contributed by atoms with Crippen LogP contribution < -0.4 is 4.74 Å². The van der Waals surface area contributed by atoms with Gasteiger partial charge in [0, 0.05) is 0 Å². The van der Waals surface area contributed by atoms with E-state index in [9.17, 15) is 4.79 Å². The summed E-state index contributed by atoms with van der Waals surface area (Å²) in [6.07, 6.45) is 0. The lowest BCUT2D eigenvalue weighted by atomic mass is 10.2. The highest BCUT2D eigenvalue weighted by Gasteiger charge is 2.06. The third kappa shape index (κ3) is 2.74. The molecule has 4 heteroatoms. The van der Waals surface area contributed by atoms with E-state index in [0.717, 1.165) is 0 Å². The molecule has 1 radical (unpaired) electrons. The third-order valence-electron chi connectivity index (χ3n) is 1.54. The molecule has 0 spiro atoms. The summed E-state index contributed by atoms with van der Waals surface area (Å²) in [5.74, 6) is 0.127. The summed E-state index contributed by atoms with van der Waals surface area (Å²) in [4.78, 5) is 19.3. The predicted molar refractivity (Wildman–Crippen MR) is 49.5 cm³/mol. The fraction of sp³-hybridized carbons (Fsp3) is 0.200. The number of rotatable bonds is 4. The van der Waals surface area contributed by atoms with Crippen LogP contribution >= 0.6 is 0 Å². The minimum Gasteiger partial charge on any atom is -0.494 e. The maximum absolute atomic E-state index is 11.1. The Morgan fingerprint density at radius 2 is 2.00 bits per heavy atom. The topological polar surface area (TPSA) is 44.8 Å². The molecular formula is C10H11O4. The van der Waals surface area contributed by atoms with Crippen LogP contribution in [0.15, 0.2) is 24.3 Å². The molecule has 0 heterocycles. The zero-order valence-corrected chi connectivity index (χ0v) is 7.86. The molecule has 0 unspecified atom stereocenters. The van der Waals surface area contributed by atoms with Crippen LogP contribution in [-0.2, 0) is 9.78 Å². The van der Waals surface area contributed by atoms with Gasteiger partial charge in [-0.1, -0.05) is 0 Å². The Kier molecular flexibility index (Phi) is 3.94. The normalized spacial score (nSPS) is 9.57. The predicted octanol–water partition coefficient (Wildman–Crippen LogP) is 1.97. The van der Waals surface area contributed by atoms with Crippen LogP contribution in [0, 0.1) is 7.11 Å². The van der Waals surface area contributed by atoms with Crippen molar-refractivity contribution < 1.29 is 19.3 Å². The number of hydrogen-bond acceptors (Lipinski definition) is 4. The summed E-state index contributed by atoms with van der Waals surface area (Å²) >= 11 is 0. The van der Waals surface area contributed by atoms with Gasteiger partial charge in [-0.25, -0.2) is 4.79 Å². The Balaban J connectivity index is 2.67. The first-order valence-electron chi connectivity index (χ1n) is 4.13. The summed E-state index contributed by atoms with van der Waals surface area (Å²) in [5.41, 5.74) is 0.386. The molecule has 0 saturated carbocycles. The third-order valence-corrected chi connectivity index (χ3v) is 1.54. The highest BCUT2D eigenvalue weighted by molar-refractivity contribution is 5.89. The molecule has 0 fully saturated rings. The largest absolute Gasteiger partial charge is 0.494 e. The van der Waals surface area contributed by atoms with E-state index in [2.05, 4.69) is 16.9 Å². The molecule has 14 heavy (non-hydrogen) atoms. The Bertz CT molecular complexity index is 291. The molecule has 0 atom stereocenters. The van der Waals surface area contributed by atoms with E-state index in [1.807, 2.05) is 6.92 Å². The molecule has 1 aromatic rings. The molecular weight excluding hydrogens is 184 g/mol. The van der Waals surface area contributed by atoms with Gasteiger partial charge in [-0.2, -0.15) is 4.89 Å². The van der Waals surface area contributed by atoms with Crippen molar-refractivity contribution >= 4 is 5.97 Å². The molecule has 0 bridgehead atoms. The first-order valence-corrected chi connectivity index (χ1v) is 4.13. The molecule has 4 nitrogen and oxygen atoms in total. The molecule has 0 saturated heterocycles. The Labute approximate surface area is 82.3 Å². The van der Waals surface area contributed by atoms with Gasteiger partial charge < -0.3 is 4.74 Å². The van der Waals surface area contributed by atoms with Crippen molar-refractivity contribution in [1.82, 2.24) is 0 Å². The van der Waals surface area contributed by atoms with E-state index >= 15 is 0 Å². The van der Waals surface area contributed by atoms with Crippen molar-refractivity contribution in [3.8, 4) is 5.75 Å². The smallest absolute Gasteiger partial charge is 0.373 e. The monoisotopic (exact) mass is 195 g/mol. The lowest BCUT2D eigenvalue weighted by Gasteiger charge is -2.03. The number of ether oxygens (including phenoxy) is 1. The van der Waals surface area contributed by atoms with E-state index in [0.29, 0.717) is 17.9 Å². The van der Waals surface area contributed by atoms with E-state index < -0.39 is 5.97 Å². The van der Waals surface area contributed by atoms with Crippen molar-refractivity contribution in [3.05, 3.63) is 36.9 Å². The van der Waals surface area contributed by atoms with Gasteiger partial charge in [-0.15, -0.1) is 0 Å². The minimum absolute atomic E-state index is 0.386. The average Bonchev–Trinajstić information content (AvgIpc) is 2.20. The molecule has 0 aliphatic heterocycles. The highest BCUT2D eigenvalue weighted by Crippen LogP contribution is 2.12. The van der Waals surface area contributed by atoms with Crippen LogP contribution in [0.5, 0.6) is 5.75 Å². The van der Waals surface area contributed by atoms with Crippen molar-refractivity contribution in [1.29, 1.82) is 0 Å². The van der Waals surface area contributed by atoms with Gasteiger partial charge >= 0.3 is 5.97 Å². The lowest BCUT2D eigenvalue weighted by Crippen LogP contribution is -2.03.